The Morgan fingerprint density at radius 1 is 0.492 bits per heavy atom. The smallest absolute Gasteiger partial charge is 0.462 e. The fourth-order valence-corrected chi connectivity index (χ4v) is 7.91. The molecule has 0 aliphatic heterocycles. The average Bonchev–Trinajstić information content (AvgIpc) is 3.27. The van der Waals surface area contributed by atoms with E-state index >= 15 is 0 Å². The van der Waals surface area contributed by atoms with Crippen molar-refractivity contribution in [1.82, 2.24) is 0 Å². The Hall–Kier alpha value is -2.29. The van der Waals surface area contributed by atoms with E-state index < -0.39 is 32.5 Å². The van der Waals surface area contributed by atoms with Gasteiger partial charge in [-0.1, -0.05) is 229 Å². The summed E-state index contributed by atoms with van der Waals surface area (Å²) in [6.45, 7) is 3.58. The van der Waals surface area contributed by atoms with Gasteiger partial charge in [0.25, 0.3) is 0 Å². The van der Waals surface area contributed by atoms with Gasteiger partial charge in [-0.2, -0.15) is 0 Å². The van der Waals surface area contributed by atoms with E-state index in [0.717, 1.165) is 51.4 Å². The normalized spacial score (nSPS) is 13.7. The number of esters is 2. The predicted molar refractivity (Wildman–Crippen MR) is 266 cm³/mol. The SMILES string of the molecule is CC/C=C\C/C=C\C/C=C\C/C=C\C/C=C\CCCC(=O)OC(COC(=O)CCCCCCCCCCCCCCCCCCCCCCCCCCC)COP(=O)(O)OCCN. The first-order valence-corrected chi connectivity index (χ1v) is 27.3. The molecule has 2 atom stereocenters. The average molecular weight is 906 g/mol. The van der Waals surface area contributed by atoms with Crippen molar-refractivity contribution in [2.75, 3.05) is 26.4 Å². The van der Waals surface area contributed by atoms with E-state index in [1.807, 2.05) is 6.08 Å². The number of phosphoric acid groups is 1. The van der Waals surface area contributed by atoms with Crippen LogP contribution in [0.25, 0.3) is 0 Å². The molecule has 0 aliphatic carbocycles. The largest absolute Gasteiger partial charge is 0.472 e. The van der Waals surface area contributed by atoms with Crippen LogP contribution in [-0.4, -0.2) is 49.3 Å². The summed E-state index contributed by atoms with van der Waals surface area (Å²) in [5, 5.41) is 0. The summed E-state index contributed by atoms with van der Waals surface area (Å²) in [5.41, 5.74) is 5.36. The maximum Gasteiger partial charge on any atom is 0.472 e. The molecular weight excluding hydrogens is 810 g/mol. The van der Waals surface area contributed by atoms with Gasteiger partial charge in [-0.15, -0.1) is 0 Å². The lowest BCUT2D eigenvalue weighted by molar-refractivity contribution is -0.161. The number of carbonyl (C=O) groups is 2. The van der Waals surface area contributed by atoms with Gasteiger partial charge in [0.2, 0.25) is 0 Å². The Kier molecular flexibility index (Phi) is 47.4. The molecule has 3 N–H and O–H groups in total. The van der Waals surface area contributed by atoms with Crippen molar-refractivity contribution in [1.29, 1.82) is 0 Å². The van der Waals surface area contributed by atoms with Crippen LogP contribution in [0.4, 0.5) is 0 Å². The van der Waals surface area contributed by atoms with Gasteiger partial charge in [-0.05, 0) is 51.4 Å². The lowest BCUT2D eigenvalue weighted by atomic mass is 10.0. The molecule has 0 aliphatic rings. The topological polar surface area (TPSA) is 134 Å². The second-order valence-corrected chi connectivity index (χ2v) is 18.5. The van der Waals surface area contributed by atoms with Gasteiger partial charge in [-0.3, -0.25) is 18.6 Å². The molecule has 0 amide bonds. The highest BCUT2D eigenvalue weighted by Gasteiger charge is 2.26. The van der Waals surface area contributed by atoms with Crippen LogP contribution >= 0.6 is 7.82 Å². The molecule has 0 radical (unpaired) electrons. The monoisotopic (exact) mass is 906 g/mol. The minimum atomic E-state index is -4.40. The second-order valence-electron chi connectivity index (χ2n) is 17.0. The van der Waals surface area contributed by atoms with E-state index in [1.165, 1.54) is 141 Å². The number of allylic oxidation sites excluding steroid dienone is 10. The number of hydrogen-bond donors (Lipinski definition) is 2. The van der Waals surface area contributed by atoms with Crippen molar-refractivity contribution < 1.29 is 37.6 Å². The zero-order valence-electron chi connectivity index (χ0n) is 40.6. The van der Waals surface area contributed by atoms with Gasteiger partial charge in [0.05, 0.1) is 13.2 Å². The van der Waals surface area contributed by atoms with Gasteiger partial charge in [-0.25, -0.2) is 4.57 Å². The Morgan fingerprint density at radius 2 is 0.873 bits per heavy atom. The van der Waals surface area contributed by atoms with Crippen LogP contribution in [0.15, 0.2) is 60.8 Å². The van der Waals surface area contributed by atoms with E-state index in [2.05, 4.69) is 68.5 Å². The van der Waals surface area contributed by atoms with Gasteiger partial charge >= 0.3 is 19.8 Å². The summed E-state index contributed by atoms with van der Waals surface area (Å²) in [7, 11) is -4.40. The molecule has 0 fully saturated rings. The first kappa shape index (κ1) is 60.7. The Labute approximate surface area is 387 Å². The minimum Gasteiger partial charge on any atom is -0.462 e. The molecule has 0 spiro atoms. The number of ether oxygens (including phenoxy) is 2. The molecule has 10 heteroatoms. The standard InChI is InChI=1S/C53H96NO8P/c1-3-5-7-9-11-13-15-17-19-21-22-23-24-25-26-27-28-30-31-33-35-37-39-41-43-45-52(55)59-49-51(50-61-63(57,58)60-48-47-54)62-53(56)46-44-42-40-38-36-34-32-29-20-18-16-14-12-10-8-6-4-2/h6,8,12,14,18,20,32,34,38,40,51H,3-5,7,9-11,13,15-17,19,21-31,33,35-37,39,41-50,54H2,1-2H3,(H,57,58)/b8-6-,14-12-,20-18-,34-32-,40-38-. The number of hydrogen-bond acceptors (Lipinski definition) is 8. The number of nitrogens with two attached hydrogens (primary N) is 1. The van der Waals surface area contributed by atoms with Gasteiger partial charge < -0.3 is 20.1 Å². The summed E-state index contributed by atoms with van der Waals surface area (Å²) < 4.78 is 32.8. The third kappa shape index (κ3) is 49.0. The third-order valence-corrected chi connectivity index (χ3v) is 11.9. The minimum absolute atomic E-state index is 0.0431. The van der Waals surface area contributed by atoms with Crippen LogP contribution < -0.4 is 5.73 Å². The zero-order chi connectivity index (χ0) is 46.0. The summed E-state index contributed by atoms with van der Waals surface area (Å²) in [6, 6.07) is 0. The highest BCUT2D eigenvalue weighted by Crippen LogP contribution is 2.43. The highest BCUT2D eigenvalue weighted by atomic mass is 31.2. The van der Waals surface area contributed by atoms with Crippen molar-refractivity contribution in [2.45, 2.75) is 238 Å². The summed E-state index contributed by atoms with van der Waals surface area (Å²) in [6.07, 6.45) is 60.0. The Bertz CT molecular complexity index is 1220. The van der Waals surface area contributed by atoms with Crippen LogP contribution in [0, 0.1) is 0 Å². The molecule has 0 rings (SSSR count). The van der Waals surface area contributed by atoms with Crippen molar-refractivity contribution in [2.24, 2.45) is 5.73 Å². The van der Waals surface area contributed by atoms with E-state index in [4.69, 9.17) is 24.3 Å². The van der Waals surface area contributed by atoms with Crippen LogP contribution in [0.5, 0.6) is 0 Å². The number of rotatable bonds is 48. The molecule has 0 aromatic rings. The molecular formula is C53H96NO8P. The Balaban J connectivity index is 4.04. The van der Waals surface area contributed by atoms with Crippen LogP contribution in [-0.2, 0) is 32.7 Å². The fourth-order valence-electron chi connectivity index (χ4n) is 7.14. The molecule has 2 unspecified atom stereocenters. The fraction of sp³-hybridized carbons (Fsp3) is 0.774. The molecule has 0 saturated heterocycles. The first-order valence-electron chi connectivity index (χ1n) is 25.8. The van der Waals surface area contributed by atoms with E-state index in [1.54, 1.807) is 0 Å². The second kappa shape index (κ2) is 49.2. The number of unbranched alkanes of at least 4 members (excludes halogenated alkanes) is 25. The first-order chi connectivity index (χ1) is 30.8. The predicted octanol–water partition coefficient (Wildman–Crippen LogP) is 15.6. The molecule has 9 nitrogen and oxygen atoms in total. The van der Waals surface area contributed by atoms with Crippen LogP contribution in [0.1, 0.15) is 232 Å². The van der Waals surface area contributed by atoms with Gasteiger partial charge in [0.1, 0.15) is 6.61 Å². The maximum atomic E-state index is 12.6. The van der Waals surface area contributed by atoms with Crippen molar-refractivity contribution in [3.8, 4) is 0 Å². The third-order valence-electron chi connectivity index (χ3n) is 10.9. The lowest BCUT2D eigenvalue weighted by Crippen LogP contribution is -2.29. The molecule has 0 bridgehead atoms. The Morgan fingerprint density at radius 3 is 1.29 bits per heavy atom. The summed E-state index contributed by atoms with van der Waals surface area (Å²) >= 11 is 0. The van der Waals surface area contributed by atoms with Gasteiger partial charge in [0.15, 0.2) is 6.10 Å². The summed E-state index contributed by atoms with van der Waals surface area (Å²) in [5.74, 6) is -0.891. The van der Waals surface area contributed by atoms with Crippen LogP contribution in [0.2, 0.25) is 0 Å². The quantitative estimate of drug-likeness (QED) is 0.0265. The lowest BCUT2D eigenvalue weighted by Gasteiger charge is -2.19. The zero-order valence-corrected chi connectivity index (χ0v) is 41.4. The molecule has 366 valence electrons. The van der Waals surface area contributed by atoms with Gasteiger partial charge in [0, 0.05) is 19.4 Å². The molecule has 0 saturated carbocycles. The number of carbonyl (C=O) groups excluding carboxylic acids is 2. The maximum absolute atomic E-state index is 12.6. The van der Waals surface area contributed by atoms with Crippen molar-refractivity contribution >= 4 is 19.8 Å². The van der Waals surface area contributed by atoms with Crippen molar-refractivity contribution in [3.63, 3.8) is 0 Å². The molecule has 63 heavy (non-hydrogen) atoms. The van der Waals surface area contributed by atoms with Crippen molar-refractivity contribution in [3.05, 3.63) is 60.8 Å². The van der Waals surface area contributed by atoms with E-state index in [-0.39, 0.29) is 32.6 Å². The number of phosphoric ester groups is 1. The molecule has 0 aromatic carbocycles. The highest BCUT2D eigenvalue weighted by molar-refractivity contribution is 7.47. The molecule has 0 heterocycles. The van der Waals surface area contributed by atoms with E-state index in [9.17, 15) is 19.0 Å². The molecule has 0 aromatic heterocycles. The van der Waals surface area contributed by atoms with Crippen LogP contribution in [0.3, 0.4) is 0 Å². The summed E-state index contributed by atoms with van der Waals surface area (Å²) in [4.78, 5) is 35.0. The van der Waals surface area contributed by atoms with E-state index in [0.29, 0.717) is 12.8 Å².